The van der Waals surface area contributed by atoms with Crippen LogP contribution in [-0.2, 0) is 0 Å². The molecule has 0 saturated heterocycles. The standard InChI is InChI=1S/C17H16F2N4/c1-10-7-8-12(11-4-2-6-14(18)15(11)19)17(22-23-20)13-5-3-9-21-16(10)13/h2-6,9-10,12,17H,7-8H2,1H3/t10-,12+,17+/m1/s1. The van der Waals surface area contributed by atoms with Crippen LogP contribution >= 0.6 is 0 Å². The van der Waals surface area contributed by atoms with Crippen LogP contribution in [0, 0.1) is 11.6 Å². The quantitative estimate of drug-likeness (QED) is 0.317. The molecule has 0 saturated carbocycles. The minimum Gasteiger partial charge on any atom is -0.261 e. The smallest absolute Gasteiger partial charge is 0.162 e. The Hall–Kier alpha value is -2.46. The SMILES string of the molecule is C[C@@H]1CC[C@@H](c2cccc(F)c2F)[C@H](N=[N+]=[N-])c2cccnc21. The number of nitrogens with zero attached hydrogens (tertiary/aromatic N) is 4. The van der Waals surface area contributed by atoms with Crippen LogP contribution in [0.1, 0.15) is 54.5 Å². The lowest BCUT2D eigenvalue weighted by Crippen LogP contribution is -2.11. The second-order valence-electron chi connectivity index (χ2n) is 5.86. The van der Waals surface area contributed by atoms with Gasteiger partial charge >= 0.3 is 0 Å². The van der Waals surface area contributed by atoms with Gasteiger partial charge in [-0.05, 0) is 53.5 Å². The monoisotopic (exact) mass is 314 g/mol. The van der Waals surface area contributed by atoms with E-state index in [1.54, 1.807) is 18.3 Å². The first-order valence-electron chi connectivity index (χ1n) is 7.56. The molecule has 1 aliphatic carbocycles. The van der Waals surface area contributed by atoms with Gasteiger partial charge in [0, 0.05) is 16.8 Å². The van der Waals surface area contributed by atoms with Gasteiger partial charge in [0.2, 0.25) is 0 Å². The second-order valence-corrected chi connectivity index (χ2v) is 5.86. The van der Waals surface area contributed by atoms with Crippen LogP contribution in [0.5, 0.6) is 0 Å². The number of hydrogen-bond donors (Lipinski definition) is 0. The minimum atomic E-state index is -0.883. The summed E-state index contributed by atoms with van der Waals surface area (Å²) in [7, 11) is 0. The Morgan fingerprint density at radius 2 is 1.96 bits per heavy atom. The summed E-state index contributed by atoms with van der Waals surface area (Å²) in [4.78, 5) is 7.34. The van der Waals surface area contributed by atoms with Crippen molar-refractivity contribution in [1.82, 2.24) is 4.98 Å². The van der Waals surface area contributed by atoms with E-state index < -0.39 is 23.6 Å². The van der Waals surface area contributed by atoms with Gasteiger partial charge in [-0.2, -0.15) is 0 Å². The zero-order valence-corrected chi connectivity index (χ0v) is 12.7. The predicted molar refractivity (Wildman–Crippen MR) is 82.9 cm³/mol. The number of rotatable bonds is 2. The molecule has 3 rings (SSSR count). The number of benzene rings is 1. The molecule has 1 aromatic heterocycles. The van der Waals surface area contributed by atoms with Gasteiger partial charge in [-0.3, -0.25) is 4.98 Å². The third-order valence-electron chi connectivity index (χ3n) is 4.51. The summed E-state index contributed by atoms with van der Waals surface area (Å²) in [6.45, 7) is 2.04. The van der Waals surface area contributed by atoms with E-state index in [4.69, 9.17) is 5.53 Å². The predicted octanol–water partition coefficient (Wildman–Crippen LogP) is 5.39. The van der Waals surface area contributed by atoms with Crippen molar-refractivity contribution in [3.8, 4) is 0 Å². The Morgan fingerprint density at radius 1 is 1.17 bits per heavy atom. The number of fused-ring (bicyclic) bond motifs is 1. The fourth-order valence-corrected chi connectivity index (χ4v) is 3.36. The van der Waals surface area contributed by atoms with Crippen LogP contribution in [0.15, 0.2) is 41.6 Å². The van der Waals surface area contributed by atoms with Crippen molar-refractivity contribution in [1.29, 1.82) is 0 Å². The maximum Gasteiger partial charge on any atom is 0.162 e. The van der Waals surface area contributed by atoms with Crippen LogP contribution in [-0.4, -0.2) is 4.98 Å². The summed E-state index contributed by atoms with van der Waals surface area (Å²) in [6.07, 6.45) is 3.06. The van der Waals surface area contributed by atoms with Gasteiger partial charge in [-0.15, -0.1) is 0 Å². The number of aromatic nitrogens is 1. The number of pyridine rings is 1. The highest BCUT2D eigenvalue weighted by Crippen LogP contribution is 2.45. The molecular formula is C17H16F2N4. The average molecular weight is 314 g/mol. The maximum absolute atomic E-state index is 14.3. The van der Waals surface area contributed by atoms with E-state index in [1.807, 2.05) is 13.0 Å². The Morgan fingerprint density at radius 3 is 2.74 bits per heavy atom. The molecule has 0 aliphatic heterocycles. The van der Waals surface area contributed by atoms with Crippen molar-refractivity contribution in [2.45, 2.75) is 37.6 Å². The molecule has 2 aromatic rings. The molecule has 0 fully saturated rings. The highest BCUT2D eigenvalue weighted by molar-refractivity contribution is 5.35. The van der Waals surface area contributed by atoms with Gasteiger partial charge < -0.3 is 0 Å². The highest BCUT2D eigenvalue weighted by atomic mass is 19.2. The van der Waals surface area contributed by atoms with Crippen molar-refractivity contribution in [3.63, 3.8) is 0 Å². The topological polar surface area (TPSA) is 61.7 Å². The molecule has 0 N–H and O–H groups in total. The first-order valence-corrected chi connectivity index (χ1v) is 7.56. The molecule has 1 aliphatic rings. The first kappa shape index (κ1) is 15.4. The van der Waals surface area contributed by atoms with E-state index in [1.165, 1.54) is 6.07 Å². The maximum atomic E-state index is 14.3. The van der Waals surface area contributed by atoms with Crippen LogP contribution in [0.3, 0.4) is 0 Å². The molecule has 1 heterocycles. The van der Waals surface area contributed by atoms with Gasteiger partial charge in [-0.1, -0.05) is 30.2 Å². The summed E-state index contributed by atoms with van der Waals surface area (Å²) in [5, 5.41) is 3.90. The highest BCUT2D eigenvalue weighted by Gasteiger charge is 2.33. The summed E-state index contributed by atoms with van der Waals surface area (Å²) in [6, 6.07) is 7.18. The fraction of sp³-hybridized carbons (Fsp3) is 0.353. The number of azide groups is 1. The Labute approximate surface area is 132 Å². The summed E-state index contributed by atoms with van der Waals surface area (Å²) in [5.74, 6) is -1.99. The molecule has 3 atom stereocenters. The van der Waals surface area contributed by atoms with Gasteiger partial charge in [0.1, 0.15) is 0 Å². The molecule has 23 heavy (non-hydrogen) atoms. The summed E-state index contributed by atoms with van der Waals surface area (Å²) < 4.78 is 27.9. The van der Waals surface area contributed by atoms with Crippen molar-refractivity contribution in [2.75, 3.05) is 0 Å². The Bertz CT molecular complexity index is 771. The zero-order valence-electron chi connectivity index (χ0n) is 12.7. The average Bonchev–Trinajstić information content (AvgIpc) is 2.69. The van der Waals surface area contributed by atoms with Crippen molar-refractivity contribution in [2.24, 2.45) is 5.11 Å². The molecule has 0 radical (unpaired) electrons. The molecular weight excluding hydrogens is 298 g/mol. The van der Waals surface area contributed by atoms with E-state index in [0.29, 0.717) is 6.42 Å². The molecule has 6 heteroatoms. The van der Waals surface area contributed by atoms with Gasteiger partial charge in [-0.25, -0.2) is 8.78 Å². The number of halogens is 2. The summed E-state index contributed by atoms with van der Waals surface area (Å²) in [5.41, 5.74) is 10.9. The zero-order chi connectivity index (χ0) is 16.4. The lowest BCUT2D eigenvalue weighted by atomic mass is 9.85. The van der Waals surface area contributed by atoms with E-state index in [0.717, 1.165) is 23.7 Å². The van der Waals surface area contributed by atoms with Gasteiger partial charge in [0.15, 0.2) is 11.6 Å². The van der Waals surface area contributed by atoms with Crippen molar-refractivity contribution in [3.05, 3.63) is 75.4 Å². The van der Waals surface area contributed by atoms with Crippen LogP contribution in [0.2, 0.25) is 0 Å². The van der Waals surface area contributed by atoms with Crippen LogP contribution in [0.4, 0.5) is 8.78 Å². The largest absolute Gasteiger partial charge is 0.261 e. The van der Waals surface area contributed by atoms with E-state index >= 15 is 0 Å². The Balaban J connectivity index is 2.17. The summed E-state index contributed by atoms with van der Waals surface area (Å²) >= 11 is 0. The fourth-order valence-electron chi connectivity index (χ4n) is 3.36. The Kier molecular flexibility index (Phi) is 4.26. The minimum absolute atomic E-state index is 0.171. The van der Waals surface area contributed by atoms with E-state index in [2.05, 4.69) is 15.0 Å². The van der Waals surface area contributed by atoms with E-state index in [-0.39, 0.29) is 11.5 Å². The molecule has 0 spiro atoms. The van der Waals surface area contributed by atoms with E-state index in [9.17, 15) is 8.78 Å². The second kappa shape index (κ2) is 6.34. The first-order chi connectivity index (χ1) is 11.1. The third kappa shape index (κ3) is 2.78. The molecule has 4 nitrogen and oxygen atoms in total. The lowest BCUT2D eigenvalue weighted by molar-refractivity contribution is 0.450. The van der Waals surface area contributed by atoms with Crippen molar-refractivity contribution < 1.29 is 8.78 Å². The van der Waals surface area contributed by atoms with Crippen molar-refractivity contribution >= 4 is 0 Å². The van der Waals surface area contributed by atoms with Crippen LogP contribution in [0.25, 0.3) is 10.4 Å². The van der Waals surface area contributed by atoms with Gasteiger partial charge in [0.25, 0.3) is 0 Å². The lowest BCUT2D eigenvalue weighted by Gasteiger charge is -2.23. The molecule has 0 unspecified atom stereocenters. The third-order valence-corrected chi connectivity index (χ3v) is 4.51. The molecule has 118 valence electrons. The van der Waals surface area contributed by atoms with Gasteiger partial charge in [0.05, 0.1) is 6.04 Å². The normalized spacial score (nSPS) is 23.5. The number of hydrogen-bond acceptors (Lipinski definition) is 2. The molecule has 0 bridgehead atoms. The molecule has 0 amide bonds. The van der Waals surface area contributed by atoms with Crippen LogP contribution < -0.4 is 0 Å². The molecule has 1 aromatic carbocycles.